The molecule has 1 aromatic carbocycles. The van der Waals surface area contributed by atoms with Gasteiger partial charge in [0, 0.05) is 34.7 Å². The van der Waals surface area contributed by atoms with Gasteiger partial charge in [-0.2, -0.15) is 5.53 Å². The maximum absolute atomic E-state index is 6.83. The molecule has 0 unspecified atom stereocenters. The van der Waals surface area contributed by atoms with Gasteiger partial charge in [0.15, 0.2) is 0 Å². The molecular formula is C12H11N3OS. The molecule has 2 rings (SSSR count). The van der Waals surface area contributed by atoms with Gasteiger partial charge < -0.3 is 4.74 Å². The molecule has 4 nitrogen and oxygen atoms in total. The first-order chi connectivity index (χ1) is 8.33. The Hall–Kier alpha value is -1.88. The van der Waals surface area contributed by atoms with Gasteiger partial charge in [0.1, 0.15) is 0 Å². The van der Waals surface area contributed by atoms with E-state index < -0.39 is 0 Å². The fourth-order valence-corrected chi connectivity index (χ4v) is 1.88. The zero-order valence-electron chi connectivity index (χ0n) is 9.25. The Morgan fingerprint density at radius 3 is 2.76 bits per heavy atom. The second-order valence-corrected chi connectivity index (χ2v) is 4.14. The number of nitrogens with one attached hydrogen (secondary N) is 1. The summed E-state index contributed by atoms with van der Waals surface area (Å²) in [5.41, 5.74) is 8.89. The Morgan fingerprint density at radius 2 is 2.12 bits per heavy atom. The number of ether oxygens (including phenoxy) is 1. The van der Waals surface area contributed by atoms with Gasteiger partial charge in [-0.1, -0.05) is 12.1 Å². The van der Waals surface area contributed by atoms with E-state index >= 15 is 0 Å². The van der Waals surface area contributed by atoms with Crippen molar-refractivity contribution < 1.29 is 4.74 Å². The number of aromatic nitrogens is 1. The molecule has 0 aliphatic carbocycles. The van der Waals surface area contributed by atoms with E-state index in [-0.39, 0.29) is 0 Å². The Balaban J connectivity index is 2.31. The van der Waals surface area contributed by atoms with Crippen LogP contribution in [-0.2, 0) is 0 Å². The Kier molecular flexibility index (Phi) is 3.72. The average molecular weight is 245 g/mol. The molecule has 1 aromatic heterocycles. The van der Waals surface area contributed by atoms with E-state index in [2.05, 4.69) is 9.50 Å². The molecular weight excluding hydrogens is 234 g/mol. The smallest absolute Gasteiger partial charge is 0.212 e. The summed E-state index contributed by atoms with van der Waals surface area (Å²) in [6.07, 6.45) is 1.76. The second-order valence-electron chi connectivity index (χ2n) is 3.30. The lowest BCUT2D eigenvalue weighted by molar-refractivity contribution is 0.398. The summed E-state index contributed by atoms with van der Waals surface area (Å²) in [4.78, 5) is 5.10. The summed E-state index contributed by atoms with van der Waals surface area (Å²) in [6.45, 7) is 0. The average Bonchev–Trinajstić information content (AvgIpc) is 2.40. The van der Waals surface area contributed by atoms with Crippen molar-refractivity contribution >= 4 is 11.9 Å². The quantitative estimate of drug-likeness (QED) is 0.658. The minimum absolute atomic E-state index is 0.598. The summed E-state index contributed by atoms with van der Waals surface area (Å²) < 4.78 is 8.31. The summed E-state index contributed by atoms with van der Waals surface area (Å²) in [6, 6.07) is 11.6. The van der Waals surface area contributed by atoms with Crippen LogP contribution in [0.2, 0.25) is 0 Å². The molecule has 1 N–H and O–H groups in total. The first-order valence-corrected chi connectivity index (χ1v) is 5.75. The van der Waals surface area contributed by atoms with Gasteiger partial charge in [-0.05, 0) is 23.8 Å². The third-order valence-electron chi connectivity index (χ3n) is 2.26. The lowest BCUT2D eigenvalue weighted by Gasteiger charge is -2.04. The third-order valence-corrected chi connectivity index (χ3v) is 2.82. The molecule has 1 heterocycles. The van der Waals surface area contributed by atoms with Crippen molar-refractivity contribution in [2.75, 3.05) is 7.11 Å². The van der Waals surface area contributed by atoms with E-state index in [1.54, 1.807) is 13.3 Å². The van der Waals surface area contributed by atoms with E-state index in [4.69, 9.17) is 10.3 Å². The normalized spacial score (nSPS) is 9.94. The van der Waals surface area contributed by atoms with Crippen LogP contribution >= 0.6 is 11.9 Å². The van der Waals surface area contributed by atoms with E-state index in [0.29, 0.717) is 5.88 Å². The highest BCUT2D eigenvalue weighted by molar-refractivity contribution is 7.97. The summed E-state index contributed by atoms with van der Waals surface area (Å²) >= 11 is 1.14. The number of methoxy groups -OCH3 is 1. The molecule has 0 bridgehead atoms. The monoisotopic (exact) mass is 245 g/mol. The molecule has 0 saturated heterocycles. The first kappa shape index (κ1) is 11.6. The molecule has 17 heavy (non-hydrogen) atoms. The van der Waals surface area contributed by atoms with Crippen molar-refractivity contribution in [3.63, 3.8) is 0 Å². The predicted octanol–water partition coefficient (Wildman–Crippen LogP) is 3.80. The van der Waals surface area contributed by atoms with Crippen LogP contribution in [0, 0.1) is 5.53 Å². The van der Waals surface area contributed by atoms with Crippen LogP contribution in [0.15, 0.2) is 52.0 Å². The highest BCUT2D eigenvalue weighted by atomic mass is 32.2. The SMILES string of the molecule is COc1ccc(-c2cccc(SN=N)c2)cn1. The van der Waals surface area contributed by atoms with E-state index in [1.807, 2.05) is 36.4 Å². The molecule has 0 radical (unpaired) electrons. The van der Waals surface area contributed by atoms with Crippen LogP contribution in [-0.4, -0.2) is 12.1 Å². The van der Waals surface area contributed by atoms with Crippen LogP contribution in [0.4, 0.5) is 0 Å². The Morgan fingerprint density at radius 1 is 1.24 bits per heavy atom. The van der Waals surface area contributed by atoms with Crippen LogP contribution < -0.4 is 4.74 Å². The Labute approximate surface area is 104 Å². The van der Waals surface area contributed by atoms with Crippen molar-refractivity contribution in [1.29, 1.82) is 5.53 Å². The molecule has 0 aliphatic heterocycles. The van der Waals surface area contributed by atoms with Crippen molar-refractivity contribution in [1.82, 2.24) is 4.98 Å². The number of nitrogens with zero attached hydrogens (tertiary/aromatic N) is 2. The number of hydrogen-bond acceptors (Lipinski definition) is 5. The molecule has 5 heteroatoms. The number of rotatable bonds is 4. The fourth-order valence-electron chi connectivity index (χ4n) is 1.46. The third kappa shape index (κ3) is 2.82. The van der Waals surface area contributed by atoms with Crippen molar-refractivity contribution in [3.8, 4) is 17.0 Å². The van der Waals surface area contributed by atoms with Crippen molar-refractivity contribution in [3.05, 3.63) is 42.6 Å². The second kappa shape index (κ2) is 5.45. The minimum atomic E-state index is 0.598. The molecule has 0 atom stereocenters. The number of pyridine rings is 1. The fraction of sp³-hybridized carbons (Fsp3) is 0.0833. The van der Waals surface area contributed by atoms with Crippen LogP contribution in [0.1, 0.15) is 0 Å². The molecule has 0 spiro atoms. The lowest BCUT2D eigenvalue weighted by atomic mass is 10.1. The zero-order valence-corrected chi connectivity index (χ0v) is 10.1. The van der Waals surface area contributed by atoms with Gasteiger partial charge >= 0.3 is 0 Å². The van der Waals surface area contributed by atoms with Gasteiger partial charge in [-0.25, -0.2) is 4.98 Å². The molecule has 0 fully saturated rings. The lowest BCUT2D eigenvalue weighted by Crippen LogP contribution is -1.87. The van der Waals surface area contributed by atoms with E-state index in [1.165, 1.54) is 0 Å². The van der Waals surface area contributed by atoms with Gasteiger partial charge in [-0.3, -0.25) is 0 Å². The minimum Gasteiger partial charge on any atom is -0.481 e. The van der Waals surface area contributed by atoms with E-state index in [0.717, 1.165) is 28.0 Å². The topological polar surface area (TPSA) is 58.3 Å². The van der Waals surface area contributed by atoms with Gasteiger partial charge in [0.05, 0.1) is 7.11 Å². The van der Waals surface area contributed by atoms with E-state index in [9.17, 15) is 0 Å². The highest BCUT2D eigenvalue weighted by Crippen LogP contribution is 2.26. The van der Waals surface area contributed by atoms with Gasteiger partial charge in [0.25, 0.3) is 0 Å². The van der Waals surface area contributed by atoms with Crippen LogP contribution in [0.25, 0.3) is 11.1 Å². The largest absolute Gasteiger partial charge is 0.481 e. The molecule has 86 valence electrons. The Bertz CT molecular complexity index is 513. The zero-order chi connectivity index (χ0) is 12.1. The van der Waals surface area contributed by atoms with Crippen LogP contribution in [0.5, 0.6) is 5.88 Å². The predicted molar refractivity (Wildman–Crippen MR) is 67.2 cm³/mol. The summed E-state index contributed by atoms with van der Waals surface area (Å²) in [7, 11) is 1.59. The van der Waals surface area contributed by atoms with Crippen molar-refractivity contribution in [2.24, 2.45) is 4.52 Å². The summed E-state index contributed by atoms with van der Waals surface area (Å²) in [5.74, 6) is 0.598. The van der Waals surface area contributed by atoms with Crippen molar-refractivity contribution in [2.45, 2.75) is 4.90 Å². The maximum atomic E-state index is 6.83. The summed E-state index contributed by atoms with van der Waals surface area (Å²) in [5, 5.41) is 0. The molecule has 0 amide bonds. The molecule has 0 aliphatic rings. The number of benzene rings is 1. The molecule has 0 saturated carbocycles. The first-order valence-electron chi connectivity index (χ1n) is 4.98. The van der Waals surface area contributed by atoms with Crippen LogP contribution in [0.3, 0.4) is 0 Å². The standard InChI is InChI=1S/C12H11N3OS/c1-16-12-6-5-10(8-14-12)9-3-2-4-11(7-9)17-15-13/h2-8,13H,1H3. The maximum Gasteiger partial charge on any atom is 0.212 e. The van der Waals surface area contributed by atoms with Gasteiger partial charge in [0.2, 0.25) is 5.88 Å². The van der Waals surface area contributed by atoms with Gasteiger partial charge in [-0.15, -0.1) is 4.52 Å². The molecule has 2 aromatic rings. The highest BCUT2D eigenvalue weighted by Gasteiger charge is 2.01. The number of hydrogen-bond donors (Lipinski definition) is 1.